The molecule has 2 radical (unpaired) electrons. The van der Waals surface area contributed by atoms with E-state index in [1.54, 1.807) is 13.8 Å². The zero-order valence-electron chi connectivity index (χ0n) is 20.6. The number of rotatable bonds is 10. The summed E-state index contributed by atoms with van der Waals surface area (Å²) in [5.74, 6) is -1.02. The topological polar surface area (TPSA) is 189 Å². The van der Waals surface area contributed by atoms with Gasteiger partial charge in [-0.1, -0.05) is 6.92 Å². The highest BCUT2D eigenvalue weighted by atomic mass is 32.2. The molecule has 0 aliphatic heterocycles. The third-order valence-corrected chi connectivity index (χ3v) is 6.97. The molecular formula is C21H22BFN8O6S. The minimum absolute atomic E-state index is 0.00831. The Morgan fingerprint density at radius 2 is 1.74 bits per heavy atom. The Labute approximate surface area is 220 Å². The largest absolute Gasteiger partial charge is 0.593 e. The van der Waals surface area contributed by atoms with Gasteiger partial charge < -0.3 is 28.7 Å². The molecule has 0 aliphatic carbocycles. The Morgan fingerprint density at radius 1 is 1.11 bits per heavy atom. The lowest BCUT2D eigenvalue weighted by Gasteiger charge is -2.22. The fourth-order valence-corrected chi connectivity index (χ4v) is 4.34. The van der Waals surface area contributed by atoms with Gasteiger partial charge in [0.1, 0.15) is 17.4 Å². The number of furan rings is 1. The van der Waals surface area contributed by atoms with Crippen LogP contribution < -0.4 is 14.2 Å². The van der Waals surface area contributed by atoms with Crippen LogP contribution in [0.15, 0.2) is 35.3 Å². The molecule has 0 fully saturated rings. The monoisotopic (exact) mass is 544 g/mol. The zero-order chi connectivity index (χ0) is 27.6. The predicted molar refractivity (Wildman–Crippen MR) is 131 cm³/mol. The molecule has 38 heavy (non-hydrogen) atoms. The van der Waals surface area contributed by atoms with Crippen LogP contribution in [0.25, 0.3) is 17.3 Å². The van der Waals surface area contributed by atoms with Crippen LogP contribution in [-0.2, 0) is 17.0 Å². The van der Waals surface area contributed by atoms with Gasteiger partial charge in [0, 0.05) is 0 Å². The second kappa shape index (κ2) is 10.9. The lowest BCUT2D eigenvalue weighted by atomic mass is 9.93. The van der Waals surface area contributed by atoms with Gasteiger partial charge in [-0.15, -0.1) is 10.2 Å². The smallest absolute Gasteiger partial charge is 0.271 e. The fraction of sp³-hybridized carbons (Fsp3) is 0.333. The molecule has 4 aromatic rings. The molecule has 0 bridgehead atoms. The van der Waals surface area contributed by atoms with Gasteiger partial charge in [0.05, 0.1) is 43.9 Å². The summed E-state index contributed by atoms with van der Waals surface area (Å²) in [6.07, 6.45) is 3.28. The lowest BCUT2D eigenvalue weighted by Crippen LogP contribution is -2.31. The molecule has 0 saturated carbocycles. The minimum atomic E-state index is -2.75. The summed E-state index contributed by atoms with van der Waals surface area (Å²) < 4.78 is 47.0. The number of nitrogens with one attached hydrogen (secondary N) is 1. The summed E-state index contributed by atoms with van der Waals surface area (Å²) in [6.45, 7) is 3.44. The molecule has 4 heterocycles. The van der Waals surface area contributed by atoms with Crippen molar-refractivity contribution >= 4 is 25.2 Å². The van der Waals surface area contributed by atoms with E-state index in [9.17, 15) is 19.2 Å². The molecule has 0 amide bonds. The number of aliphatic hydroxyl groups is 2. The summed E-state index contributed by atoms with van der Waals surface area (Å²) in [5, 5.41) is 27.0. The Balaban J connectivity index is 1.78. The van der Waals surface area contributed by atoms with Gasteiger partial charge in [-0.2, -0.15) is 14.7 Å². The molecule has 198 valence electrons. The van der Waals surface area contributed by atoms with Crippen molar-refractivity contribution in [3.8, 4) is 29.0 Å². The molecule has 3 unspecified atom stereocenters. The summed E-state index contributed by atoms with van der Waals surface area (Å²) in [6, 6.07) is 2.62. The van der Waals surface area contributed by atoms with E-state index < -0.39 is 34.0 Å². The second-order valence-corrected chi connectivity index (χ2v) is 9.51. The summed E-state index contributed by atoms with van der Waals surface area (Å²) in [4.78, 5) is 16.1. The third-order valence-electron chi connectivity index (χ3n) is 5.50. The average Bonchev–Trinajstić information content (AvgIpc) is 3.55. The average molecular weight is 544 g/mol. The lowest BCUT2D eigenvalue weighted by molar-refractivity contribution is -0.105. The molecular weight excluding hydrogens is 522 g/mol. The van der Waals surface area contributed by atoms with Crippen molar-refractivity contribution in [2.45, 2.75) is 30.7 Å². The highest BCUT2D eigenvalue weighted by Gasteiger charge is 2.33. The first-order valence-corrected chi connectivity index (χ1v) is 12.1. The van der Waals surface area contributed by atoms with Gasteiger partial charge in [-0.05, 0) is 19.1 Å². The normalized spacial score (nSPS) is 14.1. The van der Waals surface area contributed by atoms with Crippen molar-refractivity contribution in [3.63, 3.8) is 0 Å². The van der Waals surface area contributed by atoms with E-state index in [-0.39, 0.29) is 40.7 Å². The van der Waals surface area contributed by atoms with Gasteiger partial charge in [0.15, 0.2) is 36.6 Å². The van der Waals surface area contributed by atoms with Gasteiger partial charge in [0.25, 0.3) is 5.95 Å². The molecule has 0 saturated heterocycles. The molecule has 4 rings (SSSR count). The molecule has 3 N–H and O–H groups in total. The third kappa shape index (κ3) is 5.40. The van der Waals surface area contributed by atoms with Crippen LogP contribution >= 0.6 is 0 Å². The van der Waals surface area contributed by atoms with E-state index in [1.807, 2.05) is 0 Å². The van der Waals surface area contributed by atoms with E-state index in [1.165, 1.54) is 37.2 Å². The van der Waals surface area contributed by atoms with Crippen LogP contribution in [0.3, 0.4) is 0 Å². The number of methoxy groups -OCH3 is 2. The molecule has 0 spiro atoms. The van der Waals surface area contributed by atoms with Crippen LogP contribution in [0.2, 0.25) is 0 Å². The van der Waals surface area contributed by atoms with Crippen LogP contribution in [0.4, 0.5) is 10.3 Å². The van der Waals surface area contributed by atoms with Crippen molar-refractivity contribution in [3.05, 3.63) is 48.3 Å². The SMILES string of the molecule is [B]C(O)(O)c1ccc(-c2nnc(N[S+]([O-])C(C)C(C)c3ncc(F)cn3)n2-c2c(OC)ncnc2OC)o1. The molecule has 17 heteroatoms. The number of ether oxygens (including phenoxy) is 2. The predicted octanol–water partition coefficient (Wildman–Crippen LogP) is 0.795. The van der Waals surface area contributed by atoms with Gasteiger partial charge in [0.2, 0.25) is 17.6 Å². The number of halogens is 1. The first kappa shape index (κ1) is 27.2. The Kier molecular flexibility index (Phi) is 7.82. The van der Waals surface area contributed by atoms with E-state index >= 15 is 0 Å². The Hall–Kier alpha value is -3.80. The maximum atomic E-state index is 13.4. The first-order chi connectivity index (χ1) is 18.0. The molecule has 0 aliphatic rings. The number of anilines is 1. The van der Waals surface area contributed by atoms with Crippen molar-refractivity contribution in [1.29, 1.82) is 0 Å². The van der Waals surface area contributed by atoms with Crippen molar-refractivity contribution in [1.82, 2.24) is 34.7 Å². The van der Waals surface area contributed by atoms with E-state index in [4.69, 9.17) is 21.7 Å². The molecule has 14 nitrogen and oxygen atoms in total. The Morgan fingerprint density at radius 3 is 2.29 bits per heavy atom. The van der Waals surface area contributed by atoms with Crippen LogP contribution in [0.1, 0.15) is 31.4 Å². The van der Waals surface area contributed by atoms with Crippen molar-refractivity contribution in [2.24, 2.45) is 0 Å². The quantitative estimate of drug-likeness (QED) is 0.145. The van der Waals surface area contributed by atoms with Crippen molar-refractivity contribution in [2.75, 3.05) is 18.9 Å². The van der Waals surface area contributed by atoms with E-state index in [0.717, 1.165) is 12.4 Å². The first-order valence-electron chi connectivity index (χ1n) is 10.9. The number of aromatic nitrogens is 7. The number of hydrogen-bond acceptors (Lipinski definition) is 13. The number of nitrogens with zero attached hydrogens (tertiary/aromatic N) is 7. The molecule has 0 aromatic carbocycles. The zero-order valence-corrected chi connectivity index (χ0v) is 21.4. The van der Waals surface area contributed by atoms with Gasteiger partial charge >= 0.3 is 0 Å². The maximum absolute atomic E-state index is 13.4. The Bertz CT molecular complexity index is 1380. The summed E-state index contributed by atoms with van der Waals surface area (Å²) >= 11 is -1.80. The number of hydrogen-bond donors (Lipinski definition) is 3. The van der Waals surface area contributed by atoms with E-state index in [0.29, 0.717) is 5.82 Å². The minimum Gasteiger partial charge on any atom is -0.593 e. The van der Waals surface area contributed by atoms with E-state index in [2.05, 4.69) is 34.9 Å². The van der Waals surface area contributed by atoms with Crippen LogP contribution in [0.5, 0.6) is 11.8 Å². The van der Waals surface area contributed by atoms with Gasteiger partial charge in [-0.3, -0.25) is 0 Å². The van der Waals surface area contributed by atoms with Crippen LogP contribution in [0, 0.1) is 5.82 Å². The maximum Gasteiger partial charge on any atom is 0.271 e. The second-order valence-electron chi connectivity index (χ2n) is 7.97. The standard InChI is InChI=1S/C21H22BFN8O6S/c1-10(16-24-7-12(23)8-25-16)11(2)38(34)30-20-29-28-17(13-5-6-14(37-13)21(22,32)33)31(20)15-18(35-3)26-9-27-19(15)36-4/h5-11,32-33H,1-4H3,(H,29,30). The molecule has 3 atom stereocenters. The summed E-state index contributed by atoms with van der Waals surface area (Å²) in [5.41, 5.74) is -2.62. The van der Waals surface area contributed by atoms with Gasteiger partial charge in [-0.25, -0.2) is 18.9 Å². The molecule has 4 aromatic heterocycles. The fourth-order valence-electron chi connectivity index (χ4n) is 3.35. The highest BCUT2D eigenvalue weighted by Crippen LogP contribution is 2.36. The van der Waals surface area contributed by atoms with Crippen molar-refractivity contribution < 1.29 is 33.0 Å². The van der Waals surface area contributed by atoms with Crippen LogP contribution in [-0.4, -0.2) is 76.8 Å². The highest BCUT2D eigenvalue weighted by molar-refractivity contribution is 7.93. The summed E-state index contributed by atoms with van der Waals surface area (Å²) in [7, 11) is 8.06.